The lowest BCUT2D eigenvalue weighted by molar-refractivity contribution is -0.133. The number of nitrogens with one attached hydrogen (secondary N) is 1. The van der Waals surface area contributed by atoms with E-state index in [0.29, 0.717) is 30.0 Å². The van der Waals surface area contributed by atoms with Crippen molar-refractivity contribution in [1.82, 2.24) is 20.0 Å². The average Bonchev–Trinajstić information content (AvgIpc) is 3.14. The van der Waals surface area contributed by atoms with E-state index in [0.717, 1.165) is 50.8 Å². The molecule has 2 saturated heterocycles. The lowest BCUT2D eigenvalue weighted by Gasteiger charge is -2.37. The van der Waals surface area contributed by atoms with E-state index < -0.39 is 0 Å². The van der Waals surface area contributed by atoms with Gasteiger partial charge in [0.1, 0.15) is 0 Å². The Balaban J connectivity index is 1.37. The topological polar surface area (TPSA) is 50.2 Å². The van der Waals surface area contributed by atoms with Crippen molar-refractivity contribution in [2.45, 2.75) is 83.5 Å². The molecule has 30 heavy (non-hydrogen) atoms. The summed E-state index contributed by atoms with van der Waals surface area (Å²) in [5.74, 6) is 0.974. The van der Waals surface area contributed by atoms with E-state index in [4.69, 9.17) is 0 Å². The fraction of sp³-hybridized carbons (Fsp3) is 0.600. The number of benzene rings is 1. The summed E-state index contributed by atoms with van der Waals surface area (Å²) in [6, 6.07) is 12.0. The number of nitrogens with zero attached hydrogens (tertiary/aromatic N) is 3. The second-order valence-electron chi connectivity index (χ2n) is 10.1. The molecule has 1 N–H and O–H groups in total. The van der Waals surface area contributed by atoms with Crippen molar-refractivity contribution in [3.63, 3.8) is 0 Å². The quantitative estimate of drug-likeness (QED) is 0.711. The third kappa shape index (κ3) is 3.68. The molecule has 1 saturated carbocycles. The number of rotatable bonds is 8. The first kappa shape index (κ1) is 19.8. The zero-order valence-electron chi connectivity index (χ0n) is 18.3. The van der Waals surface area contributed by atoms with Gasteiger partial charge in [0.15, 0.2) is 0 Å². The Morgan fingerprint density at radius 3 is 2.83 bits per heavy atom. The molecule has 0 radical (unpaired) electrons. The zero-order valence-corrected chi connectivity index (χ0v) is 18.3. The number of aromatic nitrogens is 2. The molecule has 3 heterocycles. The van der Waals surface area contributed by atoms with Gasteiger partial charge < -0.3 is 5.32 Å². The van der Waals surface area contributed by atoms with Gasteiger partial charge in [0.25, 0.3) is 0 Å². The van der Waals surface area contributed by atoms with Gasteiger partial charge in [0.05, 0.1) is 11.1 Å². The zero-order chi connectivity index (χ0) is 20.7. The molecule has 1 amide bonds. The molecule has 1 aromatic heterocycles. The highest BCUT2D eigenvalue weighted by molar-refractivity contribution is 5.84. The predicted octanol–water partition coefficient (Wildman–Crippen LogP) is 4.31. The molecule has 0 spiro atoms. The van der Waals surface area contributed by atoms with Crippen LogP contribution in [-0.2, 0) is 11.3 Å². The van der Waals surface area contributed by atoms with Gasteiger partial charge in [-0.1, -0.05) is 26.0 Å². The van der Waals surface area contributed by atoms with Crippen LogP contribution in [0.2, 0.25) is 0 Å². The van der Waals surface area contributed by atoms with Gasteiger partial charge in [0, 0.05) is 37.1 Å². The summed E-state index contributed by atoms with van der Waals surface area (Å²) in [4.78, 5) is 16.1. The first-order chi connectivity index (χ1) is 14.5. The van der Waals surface area contributed by atoms with Crippen molar-refractivity contribution in [3.8, 4) is 5.69 Å². The maximum atomic E-state index is 13.5. The Kier molecular flexibility index (Phi) is 5.18. The molecule has 1 aromatic carbocycles. The molecule has 0 unspecified atom stereocenters. The van der Waals surface area contributed by atoms with Crippen LogP contribution >= 0.6 is 0 Å². The molecule has 5 heteroatoms. The molecule has 2 aromatic rings. The SMILES string of the molecule is CC(C)CC[C@]1(C(=O)NC2CC2)C[C@H]2CC[C@@H]1N2Cc1cccc(-n2cccn2)c1. The van der Waals surface area contributed by atoms with Crippen molar-refractivity contribution in [3.05, 3.63) is 48.3 Å². The van der Waals surface area contributed by atoms with Crippen LogP contribution in [0.1, 0.15) is 64.4 Å². The van der Waals surface area contributed by atoms with Crippen LogP contribution in [0.4, 0.5) is 0 Å². The Bertz CT molecular complexity index is 888. The Morgan fingerprint density at radius 2 is 2.10 bits per heavy atom. The van der Waals surface area contributed by atoms with Gasteiger partial charge in [-0.2, -0.15) is 5.10 Å². The minimum Gasteiger partial charge on any atom is -0.353 e. The van der Waals surface area contributed by atoms with E-state index in [1.807, 2.05) is 23.1 Å². The van der Waals surface area contributed by atoms with Crippen LogP contribution < -0.4 is 5.32 Å². The maximum absolute atomic E-state index is 13.5. The normalized spacial score (nSPS) is 28.4. The van der Waals surface area contributed by atoms with Gasteiger partial charge in [0.2, 0.25) is 5.91 Å². The number of hydrogen-bond donors (Lipinski definition) is 1. The average molecular weight is 407 g/mol. The van der Waals surface area contributed by atoms with Crippen molar-refractivity contribution >= 4 is 5.91 Å². The standard InChI is InChI=1S/C25H34N4O/c1-18(2)11-12-25(24(30)27-20-7-8-20)16-22-9-10-23(25)28(22)17-19-5-3-6-21(15-19)29-14-4-13-26-29/h3-6,13-15,18,20,22-23H,7-12,16-17H2,1-2H3,(H,27,30)/t22-,23+,25+/m1/s1. The number of fused-ring (bicyclic) bond motifs is 2. The molecule has 3 atom stereocenters. The summed E-state index contributed by atoms with van der Waals surface area (Å²) in [6.45, 7) is 5.47. The number of amides is 1. The highest BCUT2D eigenvalue weighted by Gasteiger charge is 2.59. The fourth-order valence-electron chi connectivity index (χ4n) is 5.70. The fourth-order valence-corrected chi connectivity index (χ4v) is 5.70. The van der Waals surface area contributed by atoms with E-state index in [9.17, 15) is 4.79 Å². The number of carbonyl (C=O) groups excluding carboxylic acids is 1. The van der Waals surface area contributed by atoms with E-state index in [1.54, 1.807) is 0 Å². The highest BCUT2D eigenvalue weighted by Crippen LogP contribution is 2.53. The summed E-state index contributed by atoms with van der Waals surface area (Å²) >= 11 is 0. The van der Waals surface area contributed by atoms with Gasteiger partial charge in [-0.3, -0.25) is 9.69 Å². The summed E-state index contributed by atoms with van der Waals surface area (Å²) in [5, 5.41) is 7.75. The van der Waals surface area contributed by atoms with Gasteiger partial charge in [-0.25, -0.2) is 4.68 Å². The summed E-state index contributed by atoms with van der Waals surface area (Å²) < 4.78 is 1.91. The van der Waals surface area contributed by atoms with Crippen LogP contribution in [-0.4, -0.2) is 38.7 Å². The van der Waals surface area contributed by atoms with Crippen molar-refractivity contribution in [2.24, 2.45) is 11.3 Å². The Labute approximate surface area is 179 Å². The summed E-state index contributed by atoms with van der Waals surface area (Å²) in [5.41, 5.74) is 2.21. The minimum absolute atomic E-state index is 0.199. The first-order valence-electron chi connectivity index (χ1n) is 11.7. The molecule has 5 rings (SSSR count). The molecule has 3 fully saturated rings. The molecule has 5 nitrogen and oxygen atoms in total. The first-order valence-corrected chi connectivity index (χ1v) is 11.7. The maximum Gasteiger partial charge on any atom is 0.228 e. The van der Waals surface area contributed by atoms with Gasteiger partial charge >= 0.3 is 0 Å². The molecule has 1 aliphatic carbocycles. The van der Waals surface area contributed by atoms with Crippen LogP contribution in [0, 0.1) is 11.3 Å². The van der Waals surface area contributed by atoms with Crippen LogP contribution in [0.15, 0.2) is 42.7 Å². The monoisotopic (exact) mass is 406 g/mol. The molecule has 160 valence electrons. The van der Waals surface area contributed by atoms with E-state index in [-0.39, 0.29) is 5.41 Å². The minimum atomic E-state index is -0.199. The largest absolute Gasteiger partial charge is 0.353 e. The Morgan fingerprint density at radius 1 is 1.23 bits per heavy atom. The molecular formula is C25H34N4O. The molecular weight excluding hydrogens is 372 g/mol. The highest BCUT2D eigenvalue weighted by atomic mass is 16.2. The second kappa shape index (κ2) is 7.84. The van der Waals surface area contributed by atoms with Crippen LogP contribution in [0.25, 0.3) is 5.69 Å². The van der Waals surface area contributed by atoms with Gasteiger partial charge in [-0.15, -0.1) is 0 Å². The van der Waals surface area contributed by atoms with Crippen LogP contribution in [0.5, 0.6) is 0 Å². The van der Waals surface area contributed by atoms with Gasteiger partial charge in [-0.05, 0) is 74.6 Å². The third-order valence-electron chi connectivity index (χ3n) is 7.46. The molecule has 2 aliphatic heterocycles. The molecule has 2 bridgehead atoms. The van der Waals surface area contributed by atoms with E-state index >= 15 is 0 Å². The van der Waals surface area contributed by atoms with Crippen LogP contribution in [0.3, 0.4) is 0 Å². The summed E-state index contributed by atoms with van der Waals surface area (Å²) in [7, 11) is 0. The van der Waals surface area contributed by atoms with Crippen molar-refractivity contribution in [1.29, 1.82) is 0 Å². The van der Waals surface area contributed by atoms with E-state index in [1.165, 1.54) is 12.0 Å². The Hall–Kier alpha value is -2.14. The second-order valence-corrected chi connectivity index (χ2v) is 10.1. The van der Waals surface area contributed by atoms with E-state index in [2.05, 4.69) is 53.4 Å². The van der Waals surface area contributed by atoms with Crippen molar-refractivity contribution in [2.75, 3.05) is 0 Å². The lowest BCUT2D eigenvalue weighted by Crippen LogP contribution is -2.49. The third-order valence-corrected chi connectivity index (χ3v) is 7.46. The molecule has 3 aliphatic rings. The van der Waals surface area contributed by atoms with Crippen molar-refractivity contribution < 1.29 is 4.79 Å². The number of carbonyl (C=O) groups is 1. The predicted molar refractivity (Wildman–Crippen MR) is 118 cm³/mol. The lowest BCUT2D eigenvalue weighted by atomic mass is 9.69. The number of hydrogen-bond acceptors (Lipinski definition) is 3. The summed E-state index contributed by atoms with van der Waals surface area (Å²) in [6.07, 6.45) is 11.7. The smallest absolute Gasteiger partial charge is 0.228 e.